The average Bonchev–Trinajstić information content (AvgIpc) is 2.60. The van der Waals surface area contributed by atoms with E-state index >= 15 is 0 Å². The van der Waals surface area contributed by atoms with Gasteiger partial charge in [-0.25, -0.2) is 0 Å². The molecular weight excluding hydrogens is 334 g/mol. The maximum absolute atomic E-state index is 12.9. The Morgan fingerprint density at radius 3 is 2.36 bits per heavy atom. The van der Waals surface area contributed by atoms with Gasteiger partial charge in [-0.3, -0.25) is 4.79 Å². The molecule has 4 nitrogen and oxygen atoms in total. The number of nitrogens with zero attached hydrogens (tertiary/aromatic N) is 1. The first-order valence-electron chi connectivity index (χ1n) is 7.95. The molecule has 1 unspecified atom stereocenters. The molecule has 0 fully saturated rings. The van der Waals surface area contributed by atoms with Crippen LogP contribution in [0.2, 0.25) is 0 Å². The minimum atomic E-state index is -1.46. The average molecular weight is 353 g/mol. The number of benzene rings is 2. The summed E-state index contributed by atoms with van der Waals surface area (Å²) < 4.78 is 21.8. The first-order chi connectivity index (χ1) is 11.9. The predicted octanol–water partition coefficient (Wildman–Crippen LogP) is 4.34. The van der Waals surface area contributed by atoms with E-state index in [1.54, 1.807) is 18.2 Å². The van der Waals surface area contributed by atoms with E-state index in [4.69, 9.17) is 4.42 Å². The highest BCUT2D eigenvalue weighted by molar-refractivity contribution is 7.91. The van der Waals surface area contributed by atoms with Gasteiger partial charge in [0.25, 0.3) is 0 Å². The smallest absolute Gasteiger partial charge is 0.202 e. The molecule has 3 rings (SSSR count). The highest BCUT2D eigenvalue weighted by Crippen LogP contribution is 2.25. The first kappa shape index (κ1) is 17.5. The third-order valence-electron chi connectivity index (χ3n) is 3.67. The fourth-order valence-corrected chi connectivity index (χ4v) is 2.85. The Morgan fingerprint density at radius 1 is 1.04 bits per heavy atom. The molecule has 25 heavy (non-hydrogen) atoms. The van der Waals surface area contributed by atoms with E-state index in [0.29, 0.717) is 22.3 Å². The molecule has 5 heteroatoms. The molecule has 1 heterocycles. The van der Waals surface area contributed by atoms with Crippen molar-refractivity contribution in [1.29, 1.82) is 0 Å². The third-order valence-corrected chi connectivity index (χ3v) is 5.01. The Labute approximate surface area is 149 Å². The van der Waals surface area contributed by atoms with Crippen LogP contribution in [0.5, 0.6) is 0 Å². The summed E-state index contributed by atoms with van der Waals surface area (Å²) in [5.41, 5.74) is 1.41. The maximum atomic E-state index is 12.9. The second kappa shape index (κ2) is 6.86. The van der Waals surface area contributed by atoms with E-state index in [-0.39, 0.29) is 5.43 Å². The highest BCUT2D eigenvalue weighted by Gasteiger charge is 2.26. The molecule has 0 aliphatic rings. The zero-order chi connectivity index (χ0) is 18.0. The van der Waals surface area contributed by atoms with Gasteiger partial charge in [0, 0.05) is 5.56 Å². The Bertz CT molecular complexity index is 972. The van der Waals surface area contributed by atoms with Gasteiger partial charge in [-0.05, 0) is 32.9 Å². The molecule has 0 aliphatic heterocycles. The summed E-state index contributed by atoms with van der Waals surface area (Å²) in [5.74, 6) is 0.430. The van der Waals surface area contributed by atoms with E-state index in [0.717, 1.165) is 5.56 Å². The lowest BCUT2D eigenvalue weighted by atomic mass is 10.1. The minimum Gasteiger partial charge on any atom is -0.591 e. The van der Waals surface area contributed by atoms with E-state index in [9.17, 15) is 9.35 Å². The van der Waals surface area contributed by atoms with E-state index in [1.807, 2.05) is 57.2 Å². The molecule has 0 amide bonds. The third kappa shape index (κ3) is 3.67. The molecule has 128 valence electrons. The first-order valence-corrected chi connectivity index (χ1v) is 9.06. The van der Waals surface area contributed by atoms with Crippen LogP contribution in [0.4, 0.5) is 0 Å². The molecule has 2 aromatic carbocycles. The summed E-state index contributed by atoms with van der Waals surface area (Å²) >= 11 is -1.46. The summed E-state index contributed by atoms with van der Waals surface area (Å²) in [6.07, 6.45) is 1.38. The van der Waals surface area contributed by atoms with Crippen molar-refractivity contribution >= 4 is 28.5 Å². The second-order valence-corrected chi connectivity index (χ2v) is 8.57. The van der Waals surface area contributed by atoms with Crippen LogP contribution in [0.3, 0.4) is 0 Å². The largest absolute Gasteiger partial charge is 0.591 e. The van der Waals surface area contributed by atoms with Crippen LogP contribution in [-0.2, 0) is 11.4 Å². The van der Waals surface area contributed by atoms with Gasteiger partial charge in [-0.2, -0.15) is 0 Å². The zero-order valence-electron chi connectivity index (χ0n) is 14.4. The van der Waals surface area contributed by atoms with Crippen LogP contribution < -0.4 is 5.43 Å². The molecule has 0 bridgehead atoms. The molecular formula is C20H19NO3S. The van der Waals surface area contributed by atoms with Crippen molar-refractivity contribution < 1.29 is 8.97 Å². The van der Waals surface area contributed by atoms with Crippen LogP contribution in [0.1, 0.15) is 26.3 Å². The molecule has 0 aliphatic carbocycles. The van der Waals surface area contributed by atoms with Gasteiger partial charge in [-0.15, -0.1) is 0 Å². The molecule has 3 aromatic rings. The summed E-state index contributed by atoms with van der Waals surface area (Å²) in [5, 5.41) is 0.477. The van der Waals surface area contributed by atoms with Crippen molar-refractivity contribution in [1.82, 2.24) is 0 Å². The monoisotopic (exact) mass is 353 g/mol. The fraction of sp³-hybridized carbons (Fsp3) is 0.200. The SMILES string of the molecule is CC(C)(C)[S+]([O-])/N=C/c1c(-c2ccccc2)oc2ccccc2c1=O. The van der Waals surface area contributed by atoms with Crippen molar-refractivity contribution in [2.45, 2.75) is 25.5 Å². The summed E-state index contributed by atoms with van der Waals surface area (Å²) in [6, 6.07) is 16.5. The summed E-state index contributed by atoms with van der Waals surface area (Å²) in [7, 11) is 0. The minimum absolute atomic E-state index is 0.185. The Balaban J connectivity index is 2.23. The lowest BCUT2D eigenvalue weighted by Crippen LogP contribution is -2.26. The van der Waals surface area contributed by atoms with Crippen LogP contribution in [0.15, 0.2) is 68.2 Å². The van der Waals surface area contributed by atoms with Crippen LogP contribution >= 0.6 is 0 Å². The van der Waals surface area contributed by atoms with Crippen LogP contribution in [0, 0.1) is 0 Å². The van der Waals surface area contributed by atoms with Crippen molar-refractivity contribution in [3.63, 3.8) is 0 Å². The van der Waals surface area contributed by atoms with Gasteiger partial charge >= 0.3 is 0 Å². The molecule has 0 radical (unpaired) electrons. The van der Waals surface area contributed by atoms with E-state index in [2.05, 4.69) is 4.40 Å². The van der Waals surface area contributed by atoms with E-state index < -0.39 is 16.1 Å². The van der Waals surface area contributed by atoms with Crippen LogP contribution in [-0.4, -0.2) is 15.5 Å². The van der Waals surface area contributed by atoms with Crippen molar-refractivity contribution in [3.8, 4) is 11.3 Å². The van der Waals surface area contributed by atoms with E-state index in [1.165, 1.54) is 6.21 Å². The molecule has 1 aromatic heterocycles. The highest BCUT2D eigenvalue weighted by atomic mass is 32.2. The Morgan fingerprint density at radius 2 is 1.68 bits per heavy atom. The standard InChI is InChI=1S/C20H19NO3S/c1-20(2,3)25(23)21-13-16-18(22)15-11-7-8-12-17(15)24-19(16)14-9-5-4-6-10-14/h4-13H,1-3H3/b21-13+. The lowest BCUT2D eigenvalue weighted by molar-refractivity contribution is 0.561. The Kier molecular flexibility index (Phi) is 4.79. The topological polar surface area (TPSA) is 65.6 Å². The van der Waals surface area contributed by atoms with Gasteiger partial charge in [0.2, 0.25) is 5.43 Å². The maximum Gasteiger partial charge on any atom is 0.202 e. The zero-order valence-corrected chi connectivity index (χ0v) is 15.2. The summed E-state index contributed by atoms with van der Waals surface area (Å²) in [6.45, 7) is 5.50. The van der Waals surface area contributed by atoms with Gasteiger partial charge in [-0.1, -0.05) is 46.9 Å². The predicted molar refractivity (Wildman–Crippen MR) is 103 cm³/mol. The van der Waals surface area contributed by atoms with Gasteiger partial charge in [0.05, 0.1) is 17.2 Å². The Hall–Kier alpha value is -2.37. The van der Waals surface area contributed by atoms with Gasteiger partial charge in [0.15, 0.2) is 0 Å². The number of para-hydroxylation sites is 1. The molecule has 0 spiro atoms. The van der Waals surface area contributed by atoms with Crippen molar-refractivity contribution in [2.75, 3.05) is 0 Å². The molecule has 0 saturated heterocycles. The van der Waals surface area contributed by atoms with Crippen LogP contribution in [0.25, 0.3) is 22.3 Å². The van der Waals surface area contributed by atoms with Gasteiger partial charge in [0.1, 0.15) is 27.5 Å². The normalized spacial score (nSPS) is 13.4. The quantitative estimate of drug-likeness (QED) is 0.519. The molecule has 0 N–H and O–H groups in total. The van der Waals surface area contributed by atoms with Crippen molar-refractivity contribution in [3.05, 3.63) is 70.4 Å². The number of hydrogen-bond donors (Lipinski definition) is 0. The second-order valence-electron chi connectivity index (χ2n) is 6.63. The lowest BCUT2D eigenvalue weighted by Gasteiger charge is -2.17. The van der Waals surface area contributed by atoms with Crippen molar-refractivity contribution in [2.24, 2.45) is 4.40 Å². The molecule has 1 atom stereocenters. The molecule has 0 saturated carbocycles. The number of rotatable bonds is 3. The van der Waals surface area contributed by atoms with Gasteiger partial charge < -0.3 is 8.97 Å². The number of hydrogen-bond acceptors (Lipinski definition) is 4. The number of fused-ring (bicyclic) bond motifs is 1. The fourth-order valence-electron chi connectivity index (χ4n) is 2.34. The summed E-state index contributed by atoms with van der Waals surface area (Å²) in [4.78, 5) is 12.9.